The highest BCUT2D eigenvalue weighted by Gasteiger charge is 2.23. The van der Waals surface area contributed by atoms with E-state index in [2.05, 4.69) is 24.1 Å². The predicted octanol–water partition coefficient (Wildman–Crippen LogP) is 3.65. The molecule has 1 N–H and O–H groups in total. The van der Waals surface area contributed by atoms with Crippen molar-refractivity contribution in [2.45, 2.75) is 45.7 Å². The van der Waals surface area contributed by atoms with Gasteiger partial charge in [-0.3, -0.25) is 4.98 Å². The van der Waals surface area contributed by atoms with Crippen LogP contribution < -0.4 is 5.32 Å². The van der Waals surface area contributed by atoms with E-state index in [0.717, 1.165) is 29.0 Å². The molecule has 0 saturated heterocycles. The molecule has 2 rings (SSSR count). The fraction of sp³-hybridized carbons (Fsp3) is 0.643. The van der Waals surface area contributed by atoms with Gasteiger partial charge in [-0.25, -0.2) is 0 Å². The number of pyridine rings is 1. The first-order valence-electron chi connectivity index (χ1n) is 6.47. The van der Waals surface area contributed by atoms with Crippen LogP contribution >= 0.6 is 11.6 Å². The summed E-state index contributed by atoms with van der Waals surface area (Å²) in [7, 11) is 0. The molecule has 1 aromatic rings. The molecule has 0 radical (unpaired) electrons. The molecule has 2 unspecified atom stereocenters. The van der Waals surface area contributed by atoms with Gasteiger partial charge in [-0.15, -0.1) is 0 Å². The van der Waals surface area contributed by atoms with Gasteiger partial charge in [0.2, 0.25) is 0 Å². The van der Waals surface area contributed by atoms with Gasteiger partial charge in [-0.2, -0.15) is 0 Å². The molecule has 3 heteroatoms. The number of hydrogen-bond donors (Lipinski definition) is 1. The van der Waals surface area contributed by atoms with Crippen LogP contribution in [0, 0.1) is 11.8 Å². The van der Waals surface area contributed by atoms with Crippen LogP contribution in [-0.2, 0) is 6.54 Å². The lowest BCUT2D eigenvalue weighted by atomic mass is 9.80. The molecular weight excluding hydrogens is 232 g/mol. The van der Waals surface area contributed by atoms with Crippen LogP contribution in [0.2, 0.25) is 5.02 Å². The summed E-state index contributed by atoms with van der Waals surface area (Å²) in [5, 5.41) is 4.39. The lowest BCUT2D eigenvalue weighted by molar-refractivity contribution is 0.238. The molecule has 2 nitrogen and oxygen atoms in total. The number of nitrogens with zero attached hydrogens (tertiary/aromatic N) is 1. The topological polar surface area (TPSA) is 24.9 Å². The van der Waals surface area contributed by atoms with Crippen LogP contribution in [0.4, 0.5) is 0 Å². The number of hydrogen-bond acceptors (Lipinski definition) is 2. The lowest BCUT2D eigenvalue weighted by Gasteiger charge is -2.32. The fourth-order valence-electron chi connectivity index (χ4n) is 2.92. The van der Waals surface area contributed by atoms with Gasteiger partial charge in [-0.1, -0.05) is 25.4 Å². The van der Waals surface area contributed by atoms with Gasteiger partial charge in [0.25, 0.3) is 0 Å². The van der Waals surface area contributed by atoms with E-state index in [1.54, 1.807) is 12.4 Å². The zero-order valence-electron chi connectivity index (χ0n) is 10.6. The van der Waals surface area contributed by atoms with Crippen molar-refractivity contribution >= 4 is 11.6 Å². The second kappa shape index (κ2) is 5.83. The molecular formula is C14H21ClN2. The number of nitrogens with one attached hydrogen (secondary N) is 1. The lowest BCUT2D eigenvalue weighted by Crippen LogP contribution is -2.35. The van der Waals surface area contributed by atoms with Gasteiger partial charge >= 0.3 is 0 Å². The molecule has 0 aromatic carbocycles. The molecule has 1 aliphatic carbocycles. The molecule has 2 atom stereocenters. The highest BCUT2D eigenvalue weighted by molar-refractivity contribution is 6.31. The Hall–Kier alpha value is -0.600. The number of halogens is 1. The largest absolute Gasteiger partial charge is 0.310 e. The smallest absolute Gasteiger partial charge is 0.0634 e. The average molecular weight is 253 g/mol. The predicted molar refractivity (Wildman–Crippen MR) is 72.1 cm³/mol. The molecule has 0 aliphatic heterocycles. The third kappa shape index (κ3) is 3.68. The second-order valence-electron chi connectivity index (χ2n) is 5.46. The van der Waals surface area contributed by atoms with Crippen molar-refractivity contribution < 1.29 is 0 Å². The van der Waals surface area contributed by atoms with E-state index in [0.29, 0.717) is 6.04 Å². The first kappa shape index (κ1) is 12.8. The quantitative estimate of drug-likeness (QED) is 0.888. The highest BCUT2D eigenvalue weighted by atomic mass is 35.5. The number of rotatable bonds is 3. The SMILES string of the molecule is CC1CC(C)CC(NCc2ccncc2Cl)C1. The van der Waals surface area contributed by atoms with Crippen LogP contribution in [-0.4, -0.2) is 11.0 Å². The van der Waals surface area contributed by atoms with Crippen molar-refractivity contribution in [1.29, 1.82) is 0 Å². The summed E-state index contributed by atoms with van der Waals surface area (Å²) >= 11 is 6.10. The van der Waals surface area contributed by atoms with Crippen molar-refractivity contribution in [2.24, 2.45) is 11.8 Å². The van der Waals surface area contributed by atoms with Gasteiger partial charge in [-0.05, 0) is 42.7 Å². The Morgan fingerprint density at radius 3 is 2.65 bits per heavy atom. The van der Waals surface area contributed by atoms with Crippen LogP contribution in [0.5, 0.6) is 0 Å². The van der Waals surface area contributed by atoms with E-state index in [4.69, 9.17) is 11.6 Å². The van der Waals surface area contributed by atoms with E-state index in [1.807, 2.05) is 6.07 Å². The molecule has 0 bridgehead atoms. The summed E-state index contributed by atoms with van der Waals surface area (Å²) in [6, 6.07) is 2.63. The molecule has 1 saturated carbocycles. The second-order valence-corrected chi connectivity index (χ2v) is 5.87. The Labute approximate surface area is 109 Å². The van der Waals surface area contributed by atoms with Crippen LogP contribution in [0.15, 0.2) is 18.5 Å². The van der Waals surface area contributed by atoms with Gasteiger partial charge in [0.1, 0.15) is 0 Å². The van der Waals surface area contributed by atoms with Crippen molar-refractivity contribution in [3.8, 4) is 0 Å². The van der Waals surface area contributed by atoms with E-state index in [-0.39, 0.29) is 0 Å². The fourth-order valence-corrected chi connectivity index (χ4v) is 3.10. The van der Waals surface area contributed by atoms with Gasteiger partial charge in [0.05, 0.1) is 5.02 Å². The molecule has 94 valence electrons. The summed E-state index contributed by atoms with van der Waals surface area (Å²) in [4.78, 5) is 4.00. The van der Waals surface area contributed by atoms with Gasteiger partial charge in [0, 0.05) is 25.0 Å². The van der Waals surface area contributed by atoms with Gasteiger partial charge in [0.15, 0.2) is 0 Å². The molecule has 1 heterocycles. The maximum atomic E-state index is 6.10. The monoisotopic (exact) mass is 252 g/mol. The maximum Gasteiger partial charge on any atom is 0.0634 e. The Kier molecular flexibility index (Phi) is 4.41. The third-order valence-electron chi connectivity index (χ3n) is 3.62. The minimum absolute atomic E-state index is 0.637. The first-order chi connectivity index (χ1) is 8.15. The summed E-state index contributed by atoms with van der Waals surface area (Å²) in [6.07, 6.45) is 7.45. The van der Waals surface area contributed by atoms with Crippen LogP contribution in [0.25, 0.3) is 0 Å². The highest BCUT2D eigenvalue weighted by Crippen LogP contribution is 2.28. The Bertz CT molecular complexity index is 357. The Balaban J connectivity index is 1.88. The zero-order chi connectivity index (χ0) is 12.3. The molecule has 1 aliphatic rings. The molecule has 0 amide bonds. The normalized spacial score (nSPS) is 29.2. The summed E-state index contributed by atoms with van der Waals surface area (Å²) in [5.74, 6) is 1.67. The van der Waals surface area contributed by atoms with E-state index >= 15 is 0 Å². The van der Waals surface area contributed by atoms with Crippen molar-refractivity contribution in [3.05, 3.63) is 29.0 Å². The van der Waals surface area contributed by atoms with Crippen LogP contribution in [0.3, 0.4) is 0 Å². The molecule has 0 spiro atoms. The summed E-state index contributed by atoms with van der Waals surface area (Å²) in [5.41, 5.74) is 1.15. The molecule has 1 aromatic heterocycles. The Morgan fingerprint density at radius 1 is 1.29 bits per heavy atom. The molecule has 1 fully saturated rings. The van der Waals surface area contributed by atoms with Crippen molar-refractivity contribution in [3.63, 3.8) is 0 Å². The van der Waals surface area contributed by atoms with Crippen molar-refractivity contribution in [2.75, 3.05) is 0 Å². The summed E-state index contributed by atoms with van der Waals surface area (Å²) < 4.78 is 0. The zero-order valence-corrected chi connectivity index (χ0v) is 11.4. The first-order valence-corrected chi connectivity index (χ1v) is 6.84. The van der Waals surface area contributed by atoms with E-state index in [1.165, 1.54) is 19.3 Å². The minimum atomic E-state index is 0.637. The summed E-state index contributed by atoms with van der Waals surface area (Å²) in [6.45, 7) is 5.55. The average Bonchev–Trinajstić information content (AvgIpc) is 2.27. The van der Waals surface area contributed by atoms with Crippen molar-refractivity contribution in [1.82, 2.24) is 10.3 Å². The molecule has 17 heavy (non-hydrogen) atoms. The minimum Gasteiger partial charge on any atom is -0.310 e. The van der Waals surface area contributed by atoms with Gasteiger partial charge < -0.3 is 5.32 Å². The third-order valence-corrected chi connectivity index (χ3v) is 3.96. The van der Waals surface area contributed by atoms with E-state index < -0.39 is 0 Å². The standard InChI is InChI=1S/C14H21ClN2/c1-10-5-11(2)7-13(6-10)17-8-12-3-4-16-9-14(12)15/h3-4,9-11,13,17H,5-8H2,1-2H3. The number of aromatic nitrogens is 1. The van der Waals surface area contributed by atoms with Crippen LogP contribution in [0.1, 0.15) is 38.7 Å². The Morgan fingerprint density at radius 2 is 2.00 bits per heavy atom. The maximum absolute atomic E-state index is 6.10. The van der Waals surface area contributed by atoms with E-state index in [9.17, 15) is 0 Å².